The normalized spacial score (nSPS) is 12.6. The maximum absolute atomic E-state index is 13.4. The smallest absolute Gasteiger partial charge is 0.142 e. The lowest BCUT2D eigenvalue weighted by Crippen LogP contribution is -2.24. The van der Waals surface area contributed by atoms with Crippen molar-refractivity contribution in [2.45, 2.75) is 19.4 Å². The van der Waals surface area contributed by atoms with Gasteiger partial charge in [0.15, 0.2) is 0 Å². The predicted octanol–water partition coefficient (Wildman–Crippen LogP) is 3.10. The van der Waals surface area contributed by atoms with E-state index >= 15 is 0 Å². The summed E-state index contributed by atoms with van der Waals surface area (Å²) in [5, 5.41) is 3.47. The second-order valence-electron chi connectivity index (χ2n) is 4.04. The van der Waals surface area contributed by atoms with Crippen molar-refractivity contribution in [3.05, 3.63) is 52.8 Å². The Labute approximate surface area is 110 Å². The van der Waals surface area contributed by atoms with Crippen LogP contribution in [0.5, 0.6) is 0 Å². The first-order valence-electron chi connectivity index (χ1n) is 5.87. The van der Waals surface area contributed by atoms with Crippen molar-refractivity contribution in [2.75, 3.05) is 6.54 Å². The predicted molar refractivity (Wildman–Crippen MR) is 70.1 cm³/mol. The zero-order valence-corrected chi connectivity index (χ0v) is 10.8. The Morgan fingerprint density at radius 3 is 2.94 bits per heavy atom. The van der Waals surface area contributed by atoms with E-state index in [1.165, 1.54) is 6.07 Å². The lowest BCUT2D eigenvalue weighted by atomic mass is 10.1. The third kappa shape index (κ3) is 3.09. The number of rotatable bonds is 5. The van der Waals surface area contributed by atoms with Crippen LogP contribution < -0.4 is 5.32 Å². The van der Waals surface area contributed by atoms with Crippen LogP contribution >= 0.6 is 11.6 Å². The van der Waals surface area contributed by atoms with E-state index in [1.54, 1.807) is 18.5 Å². The lowest BCUT2D eigenvalue weighted by Gasteiger charge is -2.15. The number of aromatic nitrogens is 2. The molecule has 0 radical (unpaired) electrons. The lowest BCUT2D eigenvalue weighted by molar-refractivity contribution is 0.524. The van der Waals surface area contributed by atoms with Crippen LogP contribution in [-0.2, 0) is 6.42 Å². The third-order valence-electron chi connectivity index (χ3n) is 2.72. The highest BCUT2D eigenvalue weighted by molar-refractivity contribution is 6.30. The van der Waals surface area contributed by atoms with Crippen LogP contribution in [0.1, 0.15) is 24.4 Å². The molecule has 1 aromatic heterocycles. The average molecular weight is 268 g/mol. The van der Waals surface area contributed by atoms with Crippen LogP contribution in [0.3, 0.4) is 0 Å². The minimum atomic E-state index is -0.385. The second-order valence-corrected chi connectivity index (χ2v) is 4.44. The fourth-order valence-electron chi connectivity index (χ4n) is 1.88. The van der Waals surface area contributed by atoms with Crippen LogP contribution in [0.2, 0.25) is 5.02 Å². The number of halogens is 2. The fourth-order valence-corrected chi connectivity index (χ4v) is 2.00. The molecule has 2 aromatic rings. The molecule has 1 aromatic carbocycles. The molecular formula is C13H15ClFN3. The number of benzene rings is 1. The summed E-state index contributed by atoms with van der Waals surface area (Å²) >= 11 is 5.67. The first-order chi connectivity index (χ1) is 8.70. The third-order valence-corrected chi connectivity index (χ3v) is 3.03. The van der Waals surface area contributed by atoms with Crippen LogP contribution in [0.4, 0.5) is 4.39 Å². The molecule has 0 amide bonds. The second kappa shape index (κ2) is 5.98. The van der Waals surface area contributed by atoms with Gasteiger partial charge in [-0.05, 0) is 30.7 Å². The zero-order valence-electron chi connectivity index (χ0n) is 10.1. The summed E-state index contributed by atoms with van der Waals surface area (Å²) in [5.74, 6) is 0.469. The van der Waals surface area contributed by atoms with Crippen molar-refractivity contribution in [3.8, 4) is 0 Å². The first-order valence-corrected chi connectivity index (χ1v) is 6.25. The van der Waals surface area contributed by atoms with E-state index < -0.39 is 0 Å². The van der Waals surface area contributed by atoms with E-state index in [-0.39, 0.29) is 16.9 Å². The Bertz CT molecular complexity index is 499. The van der Waals surface area contributed by atoms with Gasteiger partial charge < -0.3 is 10.3 Å². The molecule has 5 heteroatoms. The molecular weight excluding hydrogens is 253 g/mol. The molecule has 0 saturated heterocycles. The molecule has 2 rings (SSSR count). The first kappa shape index (κ1) is 13.1. The quantitative estimate of drug-likeness (QED) is 0.874. The molecule has 1 atom stereocenters. The summed E-state index contributed by atoms with van der Waals surface area (Å²) in [7, 11) is 0. The number of hydrogen-bond acceptors (Lipinski definition) is 2. The molecule has 1 heterocycles. The topological polar surface area (TPSA) is 40.7 Å². The van der Waals surface area contributed by atoms with Crippen molar-refractivity contribution in [1.29, 1.82) is 0 Å². The van der Waals surface area contributed by atoms with Gasteiger partial charge in [-0.2, -0.15) is 0 Å². The van der Waals surface area contributed by atoms with Crippen LogP contribution in [0.25, 0.3) is 0 Å². The highest BCUT2D eigenvalue weighted by Crippen LogP contribution is 2.20. The van der Waals surface area contributed by atoms with Gasteiger partial charge in [0.25, 0.3) is 0 Å². The minimum absolute atomic E-state index is 0.0468. The summed E-state index contributed by atoms with van der Waals surface area (Å²) < 4.78 is 13.4. The van der Waals surface area contributed by atoms with E-state index in [0.717, 1.165) is 17.9 Å². The monoisotopic (exact) mass is 267 g/mol. The van der Waals surface area contributed by atoms with E-state index in [9.17, 15) is 4.39 Å². The van der Waals surface area contributed by atoms with Gasteiger partial charge in [0.1, 0.15) is 11.6 Å². The number of aromatic amines is 1. The molecule has 2 N–H and O–H groups in total. The van der Waals surface area contributed by atoms with Gasteiger partial charge in [0.2, 0.25) is 0 Å². The van der Waals surface area contributed by atoms with E-state index in [2.05, 4.69) is 15.3 Å². The molecule has 0 spiro atoms. The van der Waals surface area contributed by atoms with Crippen LogP contribution in [0.15, 0.2) is 30.6 Å². The highest BCUT2D eigenvalue weighted by Gasteiger charge is 2.14. The summed E-state index contributed by atoms with van der Waals surface area (Å²) in [6.07, 6.45) is 4.15. The summed E-state index contributed by atoms with van der Waals surface area (Å²) in [4.78, 5) is 7.31. The van der Waals surface area contributed by atoms with Crippen molar-refractivity contribution in [1.82, 2.24) is 15.3 Å². The van der Waals surface area contributed by atoms with E-state index in [0.29, 0.717) is 6.42 Å². The molecule has 0 fully saturated rings. The molecule has 18 heavy (non-hydrogen) atoms. The number of imidazole rings is 1. The van der Waals surface area contributed by atoms with Gasteiger partial charge in [-0.25, -0.2) is 9.37 Å². The van der Waals surface area contributed by atoms with Gasteiger partial charge in [0.05, 0.1) is 11.1 Å². The van der Waals surface area contributed by atoms with Gasteiger partial charge in [-0.1, -0.05) is 24.6 Å². The van der Waals surface area contributed by atoms with Crippen LogP contribution in [0, 0.1) is 5.82 Å². The zero-order chi connectivity index (χ0) is 13.0. The number of H-pyrrole nitrogens is 1. The Hall–Kier alpha value is -1.39. The summed E-state index contributed by atoms with van der Waals surface area (Å²) in [6, 6.07) is 4.93. The van der Waals surface area contributed by atoms with E-state index in [1.807, 2.05) is 13.0 Å². The molecule has 96 valence electrons. The largest absolute Gasteiger partial charge is 0.347 e. The Morgan fingerprint density at radius 1 is 1.50 bits per heavy atom. The van der Waals surface area contributed by atoms with Crippen molar-refractivity contribution in [3.63, 3.8) is 0 Å². The van der Waals surface area contributed by atoms with Gasteiger partial charge >= 0.3 is 0 Å². The molecule has 1 unspecified atom stereocenters. The van der Waals surface area contributed by atoms with Gasteiger partial charge in [0, 0.05) is 12.4 Å². The van der Waals surface area contributed by atoms with Gasteiger partial charge in [-0.3, -0.25) is 0 Å². The molecule has 0 aliphatic rings. The van der Waals surface area contributed by atoms with Crippen LogP contribution in [-0.4, -0.2) is 16.5 Å². The maximum Gasteiger partial charge on any atom is 0.142 e. The Morgan fingerprint density at radius 2 is 2.33 bits per heavy atom. The van der Waals surface area contributed by atoms with Gasteiger partial charge in [-0.15, -0.1) is 0 Å². The maximum atomic E-state index is 13.4. The molecule has 3 nitrogen and oxygen atoms in total. The summed E-state index contributed by atoms with van der Waals surface area (Å²) in [6.45, 7) is 2.85. The van der Waals surface area contributed by atoms with Crippen molar-refractivity contribution >= 4 is 11.6 Å². The highest BCUT2D eigenvalue weighted by atomic mass is 35.5. The average Bonchev–Trinajstić information content (AvgIpc) is 2.87. The molecule has 0 aliphatic carbocycles. The van der Waals surface area contributed by atoms with E-state index in [4.69, 9.17) is 11.6 Å². The summed E-state index contributed by atoms with van der Waals surface area (Å²) in [5.41, 5.74) is 0.888. The fraction of sp³-hybridized carbons (Fsp3) is 0.308. The minimum Gasteiger partial charge on any atom is -0.347 e. The number of nitrogens with zero attached hydrogens (tertiary/aromatic N) is 1. The van der Waals surface area contributed by atoms with Crippen molar-refractivity contribution in [2.24, 2.45) is 0 Å². The SMILES string of the molecule is CCNC(Cc1ccc(Cl)c(F)c1)c1ncc[nH]1. The Balaban J connectivity index is 2.16. The number of hydrogen-bond donors (Lipinski definition) is 2. The van der Waals surface area contributed by atoms with Crippen molar-refractivity contribution < 1.29 is 4.39 Å². The molecule has 0 saturated carbocycles. The number of nitrogens with one attached hydrogen (secondary N) is 2. The molecule has 0 aliphatic heterocycles. The standard InChI is InChI=1S/C13H15ClFN3/c1-2-16-12(13-17-5-6-18-13)8-9-3-4-10(14)11(15)7-9/h3-7,12,16H,2,8H2,1H3,(H,17,18). The Kier molecular flexibility index (Phi) is 4.33. The number of likely N-dealkylation sites (N-methyl/N-ethyl adjacent to an activating group) is 1. The molecule has 0 bridgehead atoms.